The molecular weight excluding hydrogens is 228 g/mol. The van der Waals surface area contributed by atoms with Crippen molar-refractivity contribution in [2.24, 2.45) is 0 Å². The van der Waals surface area contributed by atoms with Crippen molar-refractivity contribution < 1.29 is 0 Å². The van der Waals surface area contributed by atoms with Gasteiger partial charge in [-0.05, 0) is 48.3 Å². The number of nitrogens with zero attached hydrogens (tertiary/aromatic N) is 2. The van der Waals surface area contributed by atoms with Crippen molar-refractivity contribution in [1.29, 1.82) is 0 Å². The summed E-state index contributed by atoms with van der Waals surface area (Å²) in [6, 6.07) is 4.81. The topological polar surface area (TPSA) is 16.1 Å². The molecule has 1 fully saturated rings. The molecular formula is C10H13BrN2. The Morgan fingerprint density at radius 2 is 2.31 bits per heavy atom. The van der Waals surface area contributed by atoms with Crippen LogP contribution in [0.5, 0.6) is 0 Å². The molecule has 13 heavy (non-hydrogen) atoms. The van der Waals surface area contributed by atoms with Crippen LogP contribution in [0.25, 0.3) is 0 Å². The van der Waals surface area contributed by atoms with Gasteiger partial charge in [0, 0.05) is 17.1 Å². The van der Waals surface area contributed by atoms with E-state index in [4.69, 9.17) is 0 Å². The monoisotopic (exact) mass is 240 g/mol. The lowest BCUT2D eigenvalue weighted by atomic mass is 10.1. The molecule has 70 valence electrons. The lowest BCUT2D eigenvalue weighted by molar-refractivity contribution is 0.476. The molecule has 0 aromatic carbocycles. The predicted octanol–water partition coefficient (Wildman–Crippen LogP) is 2.75. The van der Waals surface area contributed by atoms with Crippen LogP contribution in [0.4, 0.5) is 5.82 Å². The Balaban J connectivity index is 2.26. The number of halogens is 1. The van der Waals surface area contributed by atoms with Crippen LogP contribution >= 0.6 is 15.9 Å². The largest absolute Gasteiger partial charge is 0.354 e. The lowest BCUT2D eigenvalue weighted by Gasteiger charge is -2.39. The zero-order valence-electron chi connectivity index (χ0n) is 7.92. The minimum Gasteiger partial charge on any atom is -0.354 e. The second-order valence-corrected chi connectivity index (χ2v) is 4.42. The fourth-order valence-corrected chi connectivity index (χ4v) is 1.77. The normalized spacial score (nSPS) is 21.5. The molecule has 2 rings (SSSR count). The van der Waals surface area contributed by atoms with E-state index in [9.17, 15) is 0 Å². The van der Waals surface area contributed by atoms with Crippen LogP contribution in [-0.4, -0.2) is 17.6 Å². The van der Waals surface area contributed by atoms with Crippen LogP contribution in [0.2, 0.25) is 0 Å². The highest BCUT2D eigenvalue weighted by Gasteiger charge is 2.24. The summed E-state index contributed by atoms with van der Waals surface area (Å²) in [5.74, 6) is 1.11. The number of aryl methyl sites for hydroxylation is 1. The van der Waals surface area contributed by atoms with Crippen LogP contribution in [0.1, 0.15) is 19.0 Å². The van der Waals surface area contributed by atoms with Crippen molar-refractivity contribution in [3.05, 3.63) is 22.3 Å². The molecule has 2 nitrogen and oxygen atoms in total. The summed E-state index contributed by atoms with van der Waals surface area (Å²) < 4.78 is 1.09. The average molecular weight is 241 g/mol. The van der Waals surface area contributed by atoms with Crippen molar-refractivity contribution >= 4 is 21.7 Å². The van der Waals surface area contributed by atoms with Gasteiger partial charge in [-0.15, -0.1) is 0 Å². The van der Waals surface area contributed by atoms with Gasteiger partial charge in [0.25, 0.3) is 0 Å². The van der Waals surface area contributed by atoms with Gasteiger partial charge >= 0.3 is 0 Å². The highest BCUT2D eigenvalue weighted by atomic mass is 79.9. The third-order valence-corrected chi connectivity index (χ3v) is 3.46. The number of rotatable bonds is 1. The SMILES string of the molecule is Cc1nc(N2CCC2C)ccc1Br. The second-order valence-electron chi connectivity index (χ2n) is 3.57. The Bertz CT molecular complexity index is 325. The zero-order chi connectivity index (χ0) is 9.42. The molecule has 0 N–H and O–H groups in total. The molecule has 0 radical (unpaired) electrons. The minimum atomic E-state index is 0.660. The molecule has 1 aliphatic rings. The van der Waals surface area contributed by atoms with Crippen LogP contribution in [-0.2, 0) is 0 Å². The molecule has 1 unspecified atom stereocenters. The van der Waals surface area contributed by atoms with E-state index in [2.05, 4.69) is 44.9 Å². The number of anilines is 1. The van der Waals surface area contributed by atoms with Gasteiger partial charge in [0.2, 0.25) is 0 Å². The van der Waals surface area contributed by atoms with Crippen molar-refractivity contribution in [3.63, 3.8) is 0 Å². The zero-order valence-corrected chi connectivity index (χ0v) is 9.50. The van der Waals surface area contributed by atoms with Crippen LogP contribution in [0.15, 0.2) is 16.6 Å². The molecule has 1 atom stereocenters. The van der Waals surface area contributed by atoms with Crippen molar-refractivity contribution in [2.75, 3.05) is 11.4 Å². The Hall–Kier alpha value is -0.570. The van der Waals surface area contributed by atoms with E-state index >= 15 is 0 Å². The molecule has 3 heteroatoms. The maximum absolute atomic E-state index is 4.52. The highest BCUT2D eigenvalue weighted by Crippen LogP contribution is 2.26. The number of pyridine rings is 1. The molecule has 1 aliphatic heterocycles. The van der Waals surface area contributed by atoms with Crippen molar-refractivity contribution in [3.8, 4) is 0 Å². The Kier molecular flexibility index (Phi) is 2.28. The molecule has 0 amide bonds. The molecule has 0 saturated carbocycles. The number of hydrogen-bond acceptors (Lipinski definition) is 2. The van der Waals surface area contributed by atoms with E-state index in [1.807, 2.05) is 6.92 Å². The van der Waals surface area contributed by atoms with Gasteiger partial charge in [-0.3, -0.25) is 0 Å². The minimum absolute atomic E-state index is 0.660. The first-order valence-corrected chi connectivity index (χ1v) is 5.37. The van der Waals surface area contributed by atoms with Gasteiger partial charge in [0.05, 0.1) is 5.69 Å². The quantitative estimate of drug-likeness (QED) is 0.751. The van der Waals surface area contributed by atoms with Crippen LogP contribution in [0.3, 0.4) is 0 Å². The van der Waals surface area contributed by atoms with E-state index in [1.165, 1.54) is 6.42 Å². The first kappa shape index (κ1) is 9.00. The van der Waals surface area contributed by atoms with E-state index < -0.39 is 0 Å². The van der Waals surface area contributed by atoms with Gasteiger partial charge in [-0.25, -0.2) is 4.98 Å². The molecule has 2 heterocycles. The van der Waals surface area contributed by atoms with Crippen molar-refractivity contribution in [2.45, 2.75) is 26.3 Å². The van der Waals surface area contributed by atoms with Gasteiger partial charge < -0.3 is 4.90 Å². The summed E-state index contributed by atoms with van der Waals surface area (Å²) in [5, 5.41) is 0. The summed E-state index contributed by atoms with van der Waals surface area (Å²) in [6.07, 6.45) is 1.29. The number of hydrogen-bond donors (Lipinski definition) is 0. The van der Waals surface area contributed by atoms with Crippen molar-refractivity contribution in [1.82, 2.24) is 4.98 Å². The fourth-order valence-electron chi connectivity index (χ4n) is 1.55. The lowest BCUT2D eigenvalue weighted by Crippen LogP contribution is -2.46. The third-order valence-electron chi connectivity index (χ3n) is 2.62. The summed E-state index contributed by atoms with van der Waals surface area (Å²) in [7, 11) is 0. The van der Waals surface area contributed by atoms with Gasteiger partial charge in [0.1, 0.15) is 5.82 Å². The standard InChI is InChI=1S/C10H13BrN2/c1-7-5-6-13(7)10-4-3-9(11)8(2)12-10/h3-4,7H,5-6H2,1-2H3. The molecule has 1 saturated heterocycles. The summed E-state index contributed by atoms with van der Waals surface area (Å²) in [6.45, 7) is 5.41. The molecule has 1 aromatic heterocycles. The molecule has 0 spiro atoms. The molecule has 1 aromatic rings. The first-order chi connectivity index (χ1) is 6.18. The fraction of sp³-hybridized carbons (Fsp3) is 0.500. The van der Waals surface area contributed by atoms with Crippen LogP contribution in [0, 0.1) is 6.92 Å². The maximum atomic E-state index is 4.52. The maximum Gasteiger partial charge on any atom is 0.129 e. The molecule has 0 aliphatic carbocycles. The summed E-state index contributed by atoms with van der Waals surface area (Å²) in [4.78, 5) is 6.86. The first-order valence-electron chi connectivity index (χ1n) is 4.58. The van der Waals surface area contributed by atoms with E-state index in [1.54, 1.807) is 0 Å². The third kappa shape index (κ3) is 1.57. The summed E-state index contributed by atoms with van der Waals surface area (Å²) in [5.41, 5.74) is 1.07. The molecule has 0 bridgehead atoms. The summed E-state index contributed by atoms with van der Waals surface area (Å²) >= 11 is 3.45. The second kappa shape index (κ2) is 3.29. The predicted molar refractivity (Wildman–Crippen MR) is 58.1 cm³/mol. The van der Waals surface area contributed by atoms with Gasteiger partial charge in [-0.1, -0.05) is 0 Å². The number of aromatic nitrogens is 1. The van der Waals surface area contributed by atoms with E-state index in [-0.39, 0.29) is 0 Å². The average Bonchev–Trinajstić information content (AvgIpc) is 2.09. The Labute approximate surface area is 87.1 Å². The smallest absolute Gasteiger partial charge is 0.129 e. The highest BCUT2D eigenvalue weighted by molar-refractivity contribution is 9.10. The van der Waals surface area contributed by atoms with Gasteiger partial charge in [0.15, 0.2) is 0 Å². The van der Waals surface area contributed by atoms with E-state index in [0.717, 1.165) is 22.5 Å². The van der Waals surface area contributed by atoms with E-state index in [0.29, 0.717) is 6.04 Å². The van der Waals surface area contributed by atoms with Gasteiger partial charge in [-0.2, -0.15) is 0 Å². The Morgan fingerprint density at radius 3 is 2.77 bits per heavy atom. The Morgan fingerprint density at radius 1 is 1.54 bits per heavy atom. The van der Waals surface area contributed by atoms with Crippen LogP contribution < -0.4 is 4.90 Å².